The standard InChI is InChI=1S/C11H21N/c1-11(2,3)9-7-4-5-8(6-7)10(9)12/h7-10H,4-6,12H2,1-3H3/t7-,8+,9-,10-/m0/s1. The molecule has 2 fully saturated rings. The summed E-state index contributed by atoms with van der Waals surface area (Å²) in [6, 6.07) is 0.503. The van der Waals surface area contributed by atoms with Gasteiger partial charge in [0.2, 0.25) is 0 Å². The fraction of sp³-hybridized carbons (Fsp3) is 1.00. The largest absolute Gasteiger partial charge is 0.327 e. The lowest BCUT2D eigenvalue weighted by molar-refractivity contribution is 0.138. The highest BCUT2D eigenvalue weighted by molar-refractivity contribution is 5.02. The third kappa shape index (κ3) is 1.10. The molecule has 0 heterocycles. The average molecular weight is 167 g/mol. The second kappa shape index (κ2) is 2.47. The van der Waals surface area contributed by atoms with Crippen molar-refractivity contribution in [3.05, 3.63) is 0 Å². The summed E-state index contributed by atoms with van der Waals surface area (Å²) in [6.45, 7) is 7.04. The maximum absolute atomic E-state index is 6.25. The molecule has 4 atom stereocenters. The van der Waals surface area contributed by atoms with Gasteiger partial charge in [-0.25, -0.2) is 0 Å². The summed E-state index contributed by atoms with van der Waals surface area (Å²) < 4.78 is 0. The highest BCUT2D eigenvalue weighted by atomic mass is 14.8. The van der Waals surface area contributed by atoms with E-state index in [1.54, 1.807) is 0 Å². The van der Waals surface area contributed by atoms with Crippen LogP contribution in [0.3, 0.4) is 0 Å². The third-order valence-electron chi connectivity index (χ3n) is 3.98. The number of nitrogens with two attached hydrogens (primary N) is 1. The van der Waals surface area contributed by atoms with Gasteiger partial charge in [0, 0.05) is 6.04 Å². The molecule has 1 heteroatoms. The zero-order valence-electron chi connectivity index (χ0n) is 8.51. The molecule has 0 aliphatic heterocycles. The van der Waals surface area contributed by atoms with E-state index in [4.69, 9.17) is 5.73 Å². The molecule has 2 N–H and O–H groups in total. The van der Waals surface area contributed by atoms with Crippen LogP contribution in [0, 0.1) is 23.2 Å². The molecule has 0 aromatic heterocycles. The maximum atomic E-state index is 6.25. The summed E-state index contributed by atoms with van der Waals surface area (Å²) in [4.78, 5) is 0. The predicted octanol–water partition coefficient (Wildman–Crippen LogP) is 2.41. The first-order chi connectivity index (χ1) is 5.50. The van der Waals surface area contributed by atoms with Crippen molar-refractivity contribution in [1.82, 2.24) is 0 Å². The Kier molecular flexibility index (Phi) is 1.76. The Morgan fingerprint density at radius 3 is 2.00 bits per heavy atom. The SMILES string of the molecule is CC(C)(C)[C@H]1[C@H]2CC[C@H](C2)[C@@H]1N. The van der Waals surface area contributed by atoms with Crippen LogP contribution in [0.5, 0.6) is 0 Å². The fourth-order valence-corrected chi connectivity index (χ4v) is 3.62. The number of hydrogen-bond acceptors (Lipinski definition) is 1. The smallest absolute Gasteiger partial charge is 0.0103 e. The zero-order valence-corrected chi connectivity index (χ0v) is 8.51. The van der Waals surface area contributed by atoms with Crippen molar-refractivity contribution in [2.75, 3.05) is 0 Å². The molecular formula is C11H21N. The first-order valence-electron chi connectivity index (χ1n) is 5.26. The Bertz CT molecular complexity index is 178. The van der Waals surface area contributed by atoms with Gasteiger partial charge in [0.15, 0.2) is 0 Å². The summed E-state index contributed by atoms with van der Waals surface area (Å²) in [7, 11) is 0. The molecular weight excluding hydrogens is 146 g/mol. The summed E-state index contributed by atoms with van der Waals surface area (Å²) in [6.07, 6.45) is 4.27. The number of fused-ring (bicyclic) bond motifs is 2. The Balaban J connectivity index is 2.17. The van der Waals surface area contributed by atoms with Gasteiger partial charge in [-0.15, -0.1) is 0 Å². The molecule has 0 amide bonds. The van der Waals surface area contributed by atoms with E-state index in [1.165, 1.54) is 19.3 Å². The molecule has 0 spiro atoms. The minimum Gasteiger partial charge on any atom is -0.327 e. The molecule has 2 saturated carbocycles. The van der Waals surface area contributed by atoms with Crippen molar-refractivity contribution in [3.63, 3.8) is 0 Å². The second-order valence-corrected chi connectivity index (χ2v) is 5.80. The molecule has 0 radical (unpaired) electrons. The van der Waals surface area contributed by atoms with Gasteiger partial charge in [-0.05, 0) is 42.4 Å². The molecule has 2 aliphatic carbocycles. The van der Waals surface area contributed by atoms with Crippen LogP contribution in [-0.2, 0) is 0 Å². The maximum Gasteiger partial charge on any atom is 0.0103 e. The highest BCUT2D eigenvalue weighted by Crippen LogP contribution is 2.53. The van der Waals surface area contributed by atoms with Gasteiger partial charge in [0.05, 0.1) is 0 Å². The Labute approximate surface area is 75.7 Å². The normalized spacial score (nSPS) is 47.0. The molecule has 12 heavy (non-hydrogen) atoms. The Morgan fingerprint density at radius 1 is 1.08 bits per heavy atom. The topological polar surface area (TPSA) is 26.0 Å². The first-order valence-corrected chi connectivity index (χ1v) is 5.26. The van der Waals surface area contributed by atoms with Gasteiger partial charge in [-0.3, -0.25) is 0 Å². The molecule has 0 saturated heterocycles. The molecule has 0 aromatic carbocycles. The van der Waals surface area contributed by atoms with E-state index in [9.17, 15) is 0 Å². The first kappa shape index (κ1) is 8.55. The fourth-order valence-electron chi connectivity index (χ4n) is 3.62. The van der Waals surface area contributed by atoms with Crippen LogP contribution in [0.15, 0.2) is 0 Å². The average Bonchev–Trinajstić information content (AvgIpc) is 2.42. The summed E-state index contributed by atoms with van der Waals surface area (Å²) in [5.41, 5.74) is 6.68. The van der Waals surface area contributed by atoms with Crippen LogP contribution in [0.4, 0.5) is 0 Å². The quantitative estimate of drug-likeness (QED) is 0.589. The van der Waals surface area contributed by atoms with Crippen molar-refractivity contribution in [2.24, 2.45) is 28.9 Å². The molecule has 0 aromatic rings. The van der Waals surface area contributed by atoms with Gasteiger partial charge in [0.1, 0.15) is 0 Å². The summed E-state index contributed by atoms with van der Waals surface area (Å²) >= 11 is 0. The predicted molar refractivity (Wildman–Crippen MR) is 51.8 cm³/mol. The summed E-state index contributed by atoms with van der Waals surface area (Å²) in [5, 5.41) is 0. The molecule has 70 valence electrons. The van der Waals surface area contributed by atoms with Crippen LogP contribution >= 0.6 is 0 Å². The molecule has 2 aliphatic rings. The third-order valence-corrected chi connectivity index (χ3v) is 3.98. The Morgan fingerprint density at radius 2 is 1.67 bits per heavy atom. The van der Waals surface area contributed by atoms with Crippen LogP contribution < -0.4 is 5.73 Å². The van der Waals surface area contributed by atoms with E-state index >= 15 is 0 Å². The lowest BCUT2D eigenvalue weighted by Crippen LogP contribution is -2.42. The lowest BCUT2D eigenvalue weighted by Gasteiger charge is -2.38. The number of rotatable bonds is 0. The van der Waals surface area contributed by atoms with Crippen LogP contribution in [-0.4, -0.2) is 6.04 Å². The van der Waals surface area contributed by atoms with Crippen molar-refractivity contribution < 1.29 is 0 Å². The Hall–Kier alpha value is -0.0400. The zero-order chi connectivity index (χ0) is 8.93. The van der Waals surface area contributed by atoms with Gasteiger partial charge in [0.25, 0.3) is 0 Å². The van der Waals surface area contributed by atoms with Gasteiger partial charge in [-0.2, -0.15) is 0 Å². The van der Waals surface area contributed by atoms with Crippen LogP contribution in [0.1, 0.15) is 40.0 Å². The van der Waals surface area contributed by atoms with Crippen molar-refractivity contribution in [2.45, 2.75) is 46.1 Å². The summed E-state index contributed by atoms with van der Waals surface area (Å²) in [5.74, 6) is 2.60. The molecule has 1 nitrogen and oxygen atoms in total. The van der Waals surface area contributed by atoms with E-state index in [0.717, 1.165) is 17.8 Å². The molecule has 2 bridgehead atoms. The van der Waals surface area contributed by atoms with Gasteiger partial charge in [-0.1, -0.05) is 20.8 Å². The van der Waals surface area contributed by atoms with Gasteiger partial charge < -0.3 is 5.73 Å². The van der Waals surface area contributed by atoms with Crippen molar-refractivity contribution in [3.8, 4) is 0 Å². The minimum atomic E-state index is 0.430. The molecule has 0 unspecified atom stereocenters. The second-order valence-electron chi connectivity index (χ2n) is 5.80. The van der Waals surface area contributed by atoms with E-state index in [-0.39, 0.29) is 0 Å². The van der Waals surface area contributed by atoms with Crippen LogP contribution in [0.2, 0.25) is 0 Å². The van der Waals surface area contributed by atoms with Gasteiger partial charge >= 0.3 is 0 Å². The van der Waals surface area contributed by atoms with E-state index in [0.29, 0.717) is 11.5 Å². The monoisotopic (exact) mass is 167 g/mol. The number of hydrogen-bond donors (Lipinski definition) is 1. The van der Waals surface area contributed by atoms with Crippen molar-refractivity contribution in [1.29, 1.82) is 0 Å². The van der Waals surface area contributed by atoms with E-state index < -0.39 is 0 Å². The van der Waals surface area contributed by atoms with E-state index in [1.807, 2.05) is 0 Å². The lowest BCUT2D eigenvalue weighted by atomic mass is 9.69. The minimum absolute atomic E-state index is 0.430. The molecule has 2 rings (SSSR count). The highest BCUT2D eigenvalue weighted by Gasteiger charge is 2.49. The van der Waals surface area contributed by atoms with Crippen molar-refractivity contribution >= 4 is 0 Å². The van der Waals surface area contributed by atoms with E-state index in [2.05, 4.69) is 20.8 Å². The van der Waals surface area contributed by atoms with Crippen LogP contribution in [0.25, 0.3) is 0 Å².